The maximum atomic E-state index is 13.6. The lowest BCUT2D eigenvalue weighted by Gasteiger charge is -2.01. The van der Waals surface area contributed by atoms with E-state index in [1.807, 2.05) is 6.07 Å². The first-order valence-corrected chi connectivity index (χ1v) is 5.81. The average Bonchev–Trinajstić information content (AvgIpc) is 2.78. The van der Waals surface area contributed by atoms with Crippen LogP contribution in [0.1, 0.15) is 11.4 Å². The first kappa shape index (κ1) is 11.6. The predicted molar refractivity (Wildman–Crippen MR) is 69.7 cm³/mol. The standard InChI is InChI=1S/C14H11F2N3/c15-9-3-1-4-10(16)8(9)7-13-18-12-6-2-5-11(17)14(12)19-13/h1-6H,7,17H2,(H,18,19). The van der Waals surface area contributed by atoms with E-state index in [4.69, 9.17) is 5.73 Å². The molecule has 1 heterocycles. The van der Waals surface area contributed by atoms with Gasteiger partial charge in [0.1, 0.15) is 23.0 Å². The van der Waals surface area contributed by atoms with Crippen molar-refractivity contribution in [1.82, 2.24) is 9.97 Å². The van der Waals surface area contributed by atoms with E-state index in [9.17, 15) is 8.78 Å². The minimum absolute atomic E-state index is 0.000118. The molecule has 3 nitrogen and oxygen atoms in total. The fourth-order valence-corrected chi connectivity index (χ4v) is 2.06. The fraction of sp³-hybridized carbons (Fsp3) is 0.0714. The van der Waals surface area contributed by atoms with Crippen LogP contribution in [0.3, 0.4) is 0 Å². The number of nitrogen functional groups attached to an aromatic ring is 1. The third-order valence-corrected chi connectivity index (χ3v) is 3.00. The van der Waals surface area contributed by atoms with Crippen molar-refractivity contribution >= 4 is 16.7 Å². The Kier molecular flexibility index (Phi) is 2.67. The van der Waals surface area contributed by atoms with E-state index in [1.54, 1.807) is 12.1 Å². The van der Waals surface area contributed by atoms with Gasteiger partial charge in [0.05, 0.1) is 11.2 Å². The number of nitrogens with two attached hydrogens (primary N) is 1. The molecule has 0 atom stereocenters. The number of nitrogens with one attached hydrogen (secondary N) is 1. The molecule has 96 valence electrons. The van der Waals surface area contributed by atoms with Gasteiger partial charge in [-0.05, 0) is 24.3 Å². The molecular formula is C14H11F2N3. The number of benzene rings is 2. The largest absolute Gasteiger partial charge is 0.397 e. The van der Waals surface area contributed by atoms with Crippen molar-refractivity contribution in [3.05, 3.63) is 59.4 Å². The number of halogens is 2. The summed E-state index contributed by atoms with van der Waals surface area (Å²) in [6, 6.07) is 9.15. The van der Waals surface area contributed by atoms with Crippen molar-refractivity contribution in [1.29, 1.82) is 0 Å². The van der Waals surface area contributed by atoms with Gasteiger partial charge in [0.25, 0.3) is 0 Å². The Hall–Kier alpha value is -2.43. The molecule has 0 aliphatic heterocycles. The Morgan fingerprint density at radius 2 is 1.74 bits per heavy atom. The number of aromatic amines is 1. The third-order valence-electron chi connectivity index (χ3n) is 3.00. The molecular weight excluding hydrogens is 248 g/mol. The highest BCUT2D eigenvalue weighted by Crippen LogP contribution is 2.21. The van der Waals surface area contributed by atoms with Crippen LogP contribution in [0.25, 0.3) is 11.0 Å². The number of hydrogen-bond donors (Lipinski definition) is 2. The normalized spacial score (nSPS) is 11.1. The van der Waals surface area contributed by atoms with Gasteiger partial charge in [-0.3, -0.25) is 0 Å². The Morgan fingerprint density at radius 1 is 1.05 bits per heavy atom. The maximum absolute atomic E-state index is 13.6. The molecule has 0 saturated heterocycles. The molecule has 5 heteroatoms. The van der Waals surface area contributed by atoms with Gasteiger partial charge in [-0.15, -0.1) is 0 Å². The van der Waals surface area contributed by atoms with Gasteiger partial charge in [0, 0.05) is 12.0 Å². The maximum Gasteiger partial charge on any atom is 0.129 e. The lowest BCUT2D eigenvalue weighted by molar-refractivity contribution is 0.559. The molecule has 0 spiro atoms. The van der Waals surface area contributed by atoms with E-state index >= 15 is 0 Å². The molecule has 0 radical (unpaired) electrons. The molecule has 0 aliphatic carbocycles. The zero-order valence-corrected chi connectivity index (χ0v) is 9.95. The van der Waals surface area contributed by atoms with Crippen molar-refractivity contribution in [3.63, 3.8) is 0 Å². The number of imidazole rings is 1. The van der Waals surface area contributed by atoms with Crippen molar-refractivity contribution in [2.45, 2.75) is 6.42 Å². The van der Waals surface area contributed by atoms with Crippen LogP contribution >= 0.6 is 0 Å². The molecule has 3 rings (SSSR count). The number of para-hydroxylation sites is 1. The minimum atomic E-state index is -0.576. The molecule has 0 fully saturated rings. The zero-order chi connectivity index (χ0) is 13.4. The molecule has 0 saturated carbocycles. The van der Waals surface area contributed by atoms with Crippen LogP contribution in [0.15, 0.2) is 36.4 Å². The molecule has 1 aromatic heterocycles. The quantitative estimate of drug-likeness (QED) is 0.695. The summed E-state index contributed by atoms with van der Waals surface area (Å²) in [6.45, 7) is 0. The summed E-state index contributed by atoms with van der Waals surface area (Å²) in [7, 11) is 0. The minimum Gasteiger partial charge on any atom is -0.397 e. The second kappa shape index (κ2) is 4.35. The molecule has 0 unspecified atom stereocenters. The van der Waals surface area contributed by atoms with Gasteiger partial charge in [-0.1, -0.05) is 12.1 Å². The van der Waals surface area contributed by atoms with Crippen LogP contribution < -0.4 is 5.73 Å². The van der Waals surface area contributed by atoms with Crippen molar-refractivity contribution in [3.8, 4) is 0 Å². The fourth-order valence-electron chi connectivity index (χ4n) is 2.06. The molecule has 0 bridgehead atoms. The second-order valence-corrected chi connectivity index (χ2v) is 4.30. The number of anilines is 1. The van der Waals surface area contributed by atoms with Gasteiger partial charge < -0.3 is 10.7 Å². The topological polar surface area (TPSA) is 54.7 Å². The monoisotopic (exact) mass is 259 g/mol. The van der Waals surface area contributed by atoms with Gasteiger partial charge in [0.15, 0.2) is 0 Å². The van der Waals surface area contributed by atoms with E-state index in [0.717, 1.165) is 5.52 Å². The first-order valence-electron chi connectivity index (χ1n) is 5.81. The van der Waals surface area contributed by atoms with Crippen LogP contribution in [-0.2, 0) is 6.42 Å². The smallest absolute Gasteiger partial charge is 0.129 e. The van der Waals surface area contributed by atoms with Crippen molar-refractivity contribution < 1.29 is 8.78 Å². The van der Waals surface area contributed by atoms with Gasteiger partial charge >= 0.3 is 0 Å². The van der Waals surface area contributed by atoms with E-state index in [2.05, 4.69) is 9.97 Å². The Bertz CT molecular complexity index is 729. The van der Waals surface area contributed by atoms with Gasteiger partial charge in [-0.25, -0.2) is 13.8 Å². The SMILES string of the molecule is Nc1cccc2[nH]c(Cc3c(F)cccc3F)nc12. The van der Waals surface area contributed by atoms with E-state index < -0.39 is 11.6 Å². The number of nitrogens with zero attached hydrogens (tertiary/aromatic N) is 1. The lowest BCUT2D eigenvalue weighted by Crippen LogP contribution is -1.98. The van der Waals surface area contributed by atoms with Crippen molar-refractivity contribution in [2.24, 2.45) is 0 Å². The van der Waals surface area contributed by atoms with Crippen LogP contribution in [-0.4, -0.2) is 9.97 Å². The highest BCUT2D eigenvalue weighted by Gasteiger charge is 2.12. The van der Waals surface area contributed by atoms with Crippen LogP contribution in [0, 0.1) is 11.6 Å². The lowest BCUT2D eigenvalue weighted by atomic mass is 10.1. The van der Waals surface area contributed by atoms with Crippen LogP contribution in [0.5, 0.6) is 0 Å². The summed E-state index contributed by atoms with van der Waals surface area (Å²) in [5, 5.41) is 0. The predicted octanol–water partition coefficient (Wildman–Crippen LogP) is 3.01. The molecule has 3 N–H and O–H groups in total. The van der Waals surface area contributed by atoms with E-state index in [-0.39, 0.29) is 12.0 Å². The number of aromatic nitrogens is 2. The number of fused-ring (bicyclic) bond motifs is 1. The summed E-state index contributed by atoms with van der Waals surface area (Å²) in [5.41, 5.74) is 7.70. The number of hydrogen-bond acceptors (Lipinski definition) is 2. The highest BCUT2D eigenvalue weighted by molar-refractivity contribution is 5.86. The molecule has 0 aliphatic rings. The van der Waals surface area contributed by atoms with E-state index in [0.29, 0.717) is 17.0 Å². The Morgan fingerprint density at radius 3 is 2.42 bits per heavy atom. The second-order valence-electron chi connectivity index (χ2n) is 4.30. The van der Waals surface area contributed by atoms with Crippen LogP contribution in [0.2, 0.25) is 0 Å². The summed E-state index contributed by atoms with van der Waals surface area (Å²) in [6.07, 6.45) is 0.0621. The Labute approximate surface area is 108 Å². The highest BCUT2D eigenvalue weighted by atomic mass is 19.1. The van der Waals surface area contributed by atoms with E-state index in [1.165, 1.54) is 18.2 Å². The summed E-state index contributed by atoms with van der Waals surface area (Å²) < 4.78 is 27.1. The average molecular weight is 259 g/mol. The number of rotatable bonds is 2. The number of H-pyrrole nitrogens is 1. The molecule has 0 amide bonds. The van der Waals surface area contributed by atoms with Crippen molar-refractivity contribution in [2.75, 3.05) is 5.73 Å². The Balaban J connectivity index is 2.04. The summed E-state index contributed by atoms with van der Waals surface area (Å²) >= 11 is 0. The summed E-state index contributed by atoms with van der Waals surface area (Å²) in [4.78, 5) is 7.29. The van der Waals surface area contributed by atoms with Gasteiger partial charge in [-0.2, -0.15) is 0 Å². The van der Waals surface area contributed by atoms with Gasteiger partial charge in [0.2, 0.25) is 0 Å². The van der Waals surface area contributed by atoms with Crippen LogP contribution in [0.4, 0.5) is 14.5 Å². The molecule has 2 aromatic carbocycles. The zero-order valence-electron chi connectivity index (χ0n) is 9.95. The molecule has 19 heavy (non-hydrogen) atoms. The first-order chi connectivity index (χ1) is 9.15. The summed E-state index contributed by atoms with van der Waals surface area (Å²) in [5.74, 6) is -0.668. The molecule has 3 aromatic rings. The third kappa shape index (κ3) is 2.03.